The third-order valence-electron chi connectivity index (χ3n) is 3.48. The van der Waals surface area contributed by atoms with Crippen molar-refractivity contribution in [2.24, 2.45) is 0 Å². The van der Waals surface area contributed by atoms with Crippen LogP contribution in [0.15, 0.2) is 47.1 Å². The summed E-state index contributed by atoms with van der Waals surface area (Å²) in [5.74, 6) is 1.23. The molecular weight excluding hydrogens is 314 g/mol. The van der Waals surface area contributed by atoms with Crippen LogP contribution in [0, 0.1) is 0 Å². The maximum absolute atomic E-state index is 5.37. The molecule has 5 aromatic rings. The Bertz CT molecular complexity index is 1100. The zero-order valence-electron chi connectivity index (χ0n) is 11.7. The van der Waals surface area contributed by atoms with Gasteiger partial charge in [0, 0.05) is 0 Å². The number of hydrogen-bond donors (Lipinski definition) is 0. The molecule has 0 saturated carbocycles. The van der Waals surface area contributed by atoms with Crippen molar-refractivity contribution in [3.63, 3.8) is 0 Å². The third kappa shape index (κ3) is 1.94. The third-order valence-corrected chi connectivity index (χ3v) is 4.36. The smallest absolute Gasteiger partial charge is 0.235 e. The Morgan fingerprint density at radius 1 is 1.04 bits per heavy atom. The van der Waals surface area contributed by atoms with Crippen molar-refractivity contribution in [1.29, 1.82) is 0 Å². The number of fused-ring (bicyclic) bond motifs is 2. The molecule has 0 aliphatic carbocycles. The van der Waals surface area contributed by atoms with Crippen LogP contribution in [0.3, 0.4) is 0 Å². The monoisotopic (exact) mass is 323 g/mol. The van der Waals surface area contributed by atoms with Crippen LogP contribution in [-0.2, 0) is 6.54 Å². The van der Waals surface area contributed by atoms with E-state index in [1.807, 2.05) is 41.1 Å². The van der Waals surface area contributed by atoms with Crippen LogP contribution in [0.25, 0.3) is 27.6 Å². The van der Waals surface area contributed by atoms with Crippen LogP contribution < -0.4 is 0 Å². The van der Waals surface area contributed by atoms with E-state index in [1.54, 1.807) is 10.8 Å². The van der Waals surface area contributed by atoms with Gasteiger partial charge in [0.25, 0.3) is 0 Å². The van der Waals surface area contributed by atoms with Gasteiger partial charge in [-0.3, -0.25) is 0 Å². The van der Waals surface area contributed by atoms with E-state index in [0.717, 1.165) is 21.0 Å². The summed E-state index contributed by atoms with van der Waals surface area (Å²) < 4.78 is 8.89. The predicted molar refractivity (Wildman–Crippen MR) is 83.0 cm³/mol. The van der Waals surface area contributed by atoms with Gasteiger partial charge in [0.1, 0.15) is 10.5 Å². The van der Waals surface area contributed by atoms with Crippen molar-refractivity contribution in [3.8, 4) is 11.6 Å². The minimum Gasteiger partial charge on any atom is -0.461 e. The van der Waals surface area contributed by atoms with E-state index in [2.05, 4.69) is 25.6 Å². The van der Waals surface area contributed by atoms with Crippen molar-refractivity contribution in [2.75, 3.05) is 0 Å². The van der Waals surface area contributed by atoms with Crippen molar-refractivity contribution < 1.29 is 4.42 Å². The summed E-state index contributed by atoms with van der Waals surface area (Å²) in [6.45, 7) is 0.534. The summed E-state index contributed by atoms with van der Waals surface area (Å²) in [5.41, 5.74) is 1.84. The van der Waals surface area contributed by atoms with Gasteiger partial charge < -0.3 is 4.42 Å². The van der Waals surface area contributed by atoms with Crippen LogP contribution in [0.5, 0.6) is 0 Å². The van der Waals surface area contributed by atoms with E-state index in [9.17, 15) is 0 Å². The molecule has 0 radical (unpaired) electrons. The Morgan fingerprint density at radius 3 is 2.91 bits per heavy atom. The summed E-state index contributed by atoms with van der Waals surface area (Å²) in [6.07, 6.45) is 1.60. The van der Waals surface area contributed by atoms with Crippen molar-refractivity contribution in [1.82, 2.24) is 34.8 Å². The zero-order chi connectivity index (χ0) is 15.2. The number of aromatic nitrogens is 7. The lowest BCUT2D eigenvalue weighted by molar-refractivity contribution is 0.574. The van der Waals surface area contributed by atoms with Crippen molar-refractivity contribution in [3.05, 3.63) is 47.7 Å². The fraction of sp³-hybridized carbons (Fsp3) is 0.0714. The van der Waals surface area contributed by atoms with Crippen LogP contribution in [0.4, 0.5) is 0 Å². The van der Waals surface area contributed by atoms with Gasteiger partial charge in [-0.25, -0.2) is 4.68 Å². The summed E-state index contributed by atoms with van der Waals surface area (Å²) >= 11 is 1.47. The van der Waals surface area contributed by atoms with Crippen molar-refractivity contribution in [2.45, 2.75) is 6.54 Å². The first-order chi connectivity index (χ1) is 11.4. The Kier molecular flexibility index (Phi) is 2.56. The van der Waals surface area contributed by atoms with E-state index in [1.165, 1.54) is 11.3 Å². The molecule has 23 heavy (non-hydrogen) atoms. The molecule has 0 aliphatic heterocycles. The molecule has 9 heteroatoms. The summed E-state index contributed by atoms with van der Waals surface area (Å²) in [4.78, 5) is 0.718. The molecule has 0 aliphatic rings. The van der Waals surface area contributed by atoms with Gasteiger partial charge in [0.2, 0.25) is 10.8 Å². The minimum atomic E-state index is 0.534. The maximum Gasteiger partial charge on any atom is 0.235 e. The normalized spacial score (nSPS) is 11.7. The molecule has 4 heterocycles. The SMILES string of the molecule is c1coc(-c2nnc3sc(Cn4nnc5ccccc54)nn23)c1. The molecule has 5 rings (SSSR count). The van der Waals surface area contributed by atoms with Crippen LogP contribution in [-0.4, -0.2) is 34.8 Å². The summed E-state index contributed by atoms with van der Waals surface area (Å²) in [7, 11) is 0. The molecule has 0 unspecified atom stereocenters. The number of nitrogens with zero attached hydrogens (tertiary/aromatic N) is 7. The lowest BCUT2D eigenvalue weighted by Crippen LogP contribution is -2.02. The first kappa shape index (κ1) is 12.5. The topological polar surface area (TPSA) is 86.9 Å². The van der Waals surface area contributed by atoms with Gasteiger partial charge in [-0.15, -0.1) is 15.3 Å². The molecule has 4 aromatic heterocycles. The molecule has 0 spiro atoms. The number of hydrogen-bond acceptors (Lipinski definition) is 7. The Balaban J connectivity index is 1.56. The van der Waals surface area contributed by atoms with Crippen LogP contribution in [0.2, 0.25) is 0 Å². The first-order valence-electron chi connectivity index (χ1n) is 6.92. The second kappa shape index (κ2) is 4.71. The van der Waals surface area contributed by atoms with Crippen molar-refractivity contribution >= 4 is 27.3 Å². The molecule has 0 fully saturated rings. The van der Waals surface area contributed by atoms with Gasteiger partial charge >= 0.3 is 0 Å². The molecule has 0 bridgehead atoms. The Morgan fingerprint density at radius 2 is 2.00 bits per heavy atom. The minimum absolute atomic E-state index is 0.534. The molecule has 0 N–H and O–H groups in total. The Labute approximate surface area is 133 Å². The summed E-state index contributed by atoms with van der Waals surface area (Å²) in [6, 6.07) is 11.5. The lowest BCUT2D eigenvalue weighted by atomic mass is 10.3. The molecule has 1 aromatic carbocycles. The highest BCUT2D eigenvalue weighted by Crippen LogP contribution is 2.22. The highest BCUT2D eigenvalue weighted by atomic mass is 32.1. The first-order valence-corrected chi connectivity index (χ1v) is 7.73. The van der Waals surface area contributed by atoms with Gasteiger partial charge in [-0.1, -0.05) is 28.7 Å². The molecular formula is C14H9N7OS. The van der Waals surface area contributed by atoms with Crippen LogP contribution >= 0.6 is 11.3 Å². The fourth-order valence-electron chi connectivity index (χ4n) is 2.44. The number of para-hydroxylation sites is 1. The quantitative estimate of drug-likeness (QED) is 0.506. The number of rotatable bonds is 3. The molecule has 112 valence electrons. The van der Waals surface area contributed by atoms with Gasteiger partial charge in [-0.2, -0.15) is 9.61 Å². The fourth-order valence-corrected chi connectivity index (χ4v) is 3.26. The van der Waals surface area contributed by atoms with E-state index in [4.69, 9.17) is 4.42 Å². The Hall–Kier alpha value is -3.07. The van der Waals surface area contributed by atoms with Gasteiger partial charge in [-0.05, 0) is 24.3 Å². The number of furan rings is 1. The van der Waals surface area contributed by atoms with E-state index < -0.39 is 0 Å². The van der Waals surface area contributed by atoms with Gasteiger partial charge in [0.15, 0.2) is 5.76 Å². The molecule has 0 amide bonds. The lowest BCUT2D eigenvalue weighted by Gasteiger charge is -1.97. The summed E-state index contributed by atoms with van der Waals surface area (Å²) in [5, 5.41) is 22.1. The number of benzene rings is 1. The van der Waals surface area contributed by atoms with E-state index in [0.29, 0.717) is 18.1 Å². The highest BCUT2D eigenvalue weighted by Gasteiger charge is 2.16. The highest BCUT2D eigenvalue weighted by molar-refractivity contribution is 7.16. The molecule has 8 nitrogen and oxygen atoms in total. The van der Waals surface area contributed by atoms with Crippen LogP contribution in [0.1, 0.15) is 5.01 Å². The van der Waals surface area contributed by atoms with Gasteiger partial charge in [0.05, 0.1) is 18.3 Å². The maximum atomic E-state index is 5.37. The average Bonchev–Trinajstić information content (AvgIpc) is 3.31. The largest absolute Gasteiger partial charge is 0.461 e. The molecule has 0 atom stereocenters. The molecule has 0 saturated heterocycles. The van der Waals surface area contributed by atoms with E-state index >= 15 is 0 Å². The average molecular weight is 323 g/mol. The predicted octanol–water partition coefficient (Wildman–Crippen LogP) is 2.24. The van der Waals surface area contributed by atoms with E-state index in [-0.39, 0.29) is 0 Å². The zero-order valence-corrected chi connectivity index (χ0v) is 12.5. The second-order valence-electron chi connectivity index (χ2n) is 4.93. The second-order valence-corrected chi connectivity index (χ2v) is 5.97. The standard InChI is InChI=1S/C14H9N7OS/c1-2-5-10-9(4-1)15-19-20(10)8-12-18-21-13(11-6-3-7-22-11)16-17-14(21)23-12/h1-7H,8H2.